The van der Waals surface area contributed by atoms with Crippen LogP contribution in [-0.4, -0.2) is 24.5 Å². The van der Waals surface area contributed by atoms with Gasteiger partial charge in [-0.15, -0.1) is 11.3 Å². The Hall–Kier alpha value is -1.95. The average Bonchev–Trinajstić information content (AvgIpc) is 2.89. The molecule has 0 N–H and O–H groups in total. The molecule has 3 nitrogen and oxygen atoms in total. The summed E-state index contributed by atoms with van der Waals surface area (Å²) in [5.41, 5.74) is 2.09. The smallest absolute Gasteiger partial charge is 0.387 e. The van der Waals surface area contributed by atoms with Gasteiger partial charge in [0.2, 0.25) is 0 Å². The van der Waals surface area contributed by atoms with Crippen molar-refractivity contribution in [2.45, 2.75) is 39.8 Å². The highest BCUT2D eigenvalue weighted by Crippen LogP contribution is 2.24. The molecule has 1 heterocycles. The molecule has 0 aliphatic carbocycles. The predicted octanol–water partition coefficient (Wildman–Crippen LogP) is 4.88. The lowest BCUT2D eigenvalue weighted by atomic mass is 10.1. The van der Waals surface area contributed by atoms with Crippen molar-refractivity contribution in [2.75, 3.05) is 7.05 Å². The molecule has 1 aromatic carbocycles. The minimum absolute atomic E-state index is 0.0293. The molecule has 0 spiro atoms. The van der Waals surface area contributed by atoms with Gasteiger partial charge in [-0.05, 0) is 42.7 Å². The van der Waals surface area contributed by atoms with Crippen molar-refractivity contribution in [2.24, 2.45) is 0 Å². The second kappa shape index (κ2) is 8.24. The van der Waals surface area contributed by atoms with E-state index in [4.69, 9.17) is 0 Å². The van der Waals surface area contributed by atoms with Crippen molar-refractivity contribution < 1.29 is 18.3 Å². The van der Waals surface area contributed by atoms with Crippen molar-refractivity contribution in [1.82, 2.24) is 4.90 Å². The van der Waals surface area contributed by atoms with Gasteiger partial charge in [-0.1, -0.05) is 25.5 Å². The Morgan fingerprint density at radius 2 is 1.96 bits per heavy atom. The van der Waals surface area contributed by atoms with Crippen LogP contribution in [0.15, 0.2) is 30.3 Å². The van der Waals surface area contributed by atoms with E-state index >= 15 is 0 Å². The Kier molecular flexibility index (Phi) is 6.31. The van der Waals surface area contributed by atoms with Gasteiger partial charge in [0, 0.05) is 18.5 Å². The van der Waals surface area contributed by atoms with Crippen LogP contribution in [0.1, 0.15) is 39.0 Å². The van der Waals surface area contributed by atoms with E-state index in [1.54, 1.807) is 24.1 Å². The molecule has 0 saturated carbocycles. The molecule has 1 amide bonds. The molecule has 2 rings (SSSR count). The molecule has 130 valence electrons. The Labute approximate surface area is 144 Å². The number of hydrogen-bond acceptors (Lipinski definition) is 3. The quantitative estimate of drug-likeness (QED) is 0.710. The number of aryl methyl sites for hydroxylation is 2. The zero-order valence-corrected chi connectivity index (χ0v) is 14.8. The number of nitrogens with zero attached hydrogens (tertiary/aromatic N) is 1. The molecular formula is C18H21F2NO2S. The molecule has 0 unspecified atom stereocenters. The molecule has 0 fully saturated rings. The van der Waals surface area contributed by atoms with Crippen molar-refractivity contribution in [3.63, 3.8) is 0 Å². The zero-order chi connectivity index (χ0) is 17.7. The molecule has 0 aliphatic rings. The Morgan fingerprint density at radius 3 is 2.54 bits per heavy atom. The number of hydrogen-bond donors (Lipinski definition) is 0. The second-order valence-electron chi connectivity index (χ2n) is 5.63. The first-order valence-corrected chi connectivity index (χ1v) is 8.61. The number of benzene rings is 1. The molecule has 24 heavy (non-hydrogen) atoms. The highest BCUT2D eigenvalue weighted by molar-refractivity contribution is 7.14. The number of carbonyl (C=O) groups excluding carboxylic acids is 1. The molecular weight excluding hydrogens is 332 g/mol. The fourth-order valence-corrected chi connectivity index (χ4v) is 3.52. The normalized spacial score (nSPS) is 10.9. The third-order valence-corrected chi connectivity index (χ3v) is 4.75. The molecule has 6 heteroatoms. The van der Waals surface area contributed by atoms with E-state index in [2.05, 4.69) is 11.7 Å². The van der Waals surface area contributed by atoms with Crippen LogP contribution in [0, 0.1) is 6.92 Å². The summed E-state index contributed by atoms with van der Waals surface area (Å²) in [6.07, 6.45) is 2.03. The van der Waals surface area contributed by atoms with Crippen molar-refractivity contribution in [3.05, 3.63) is 51.2 Å². The van der Waals surface area contributed by atoms with E-state index in [-0.39, 0.29) is 11.7 Å². The lowest BCUT2D eigenvalue weighted by Gasteiger charge is -2.16. The molecule has 1 aromatic heterocycles. The molecule has 0 aliphatic heterocycles. The number of amides is 1. The summed E-state index contributed by atoms with van der Waals surface area (Å²) in [5, 5.41) is 0. The van der Waals surface area contributed by atoms with Crippen molar-refractivity contribution in [1.29, 1.82) is 0 Å². The van der Waals surface area contributed by atoms with Crippen LogP contribution in [0.25, 0.3) is 0 Å². The first-order chi connectivity index (χ1) is 11.4. The van der Waals surface area contributed by atoms with Gasteiger partial charge in [-0.25, -0.2) is 0 Å². The van der Waals surface area contributed by atoms with Crippen LogP contribution in [0.5, 0.6) is 5.75 Å². The molecule has 2 aromatic rings. The van der Waals surface area contributed by atoms with Gasteiger partial charge in [0.15, 0.2) is 0 Å². The standard InChI is InChI=1S/C18H21F2NO2S/c1-4-5-14-10-16(24-12(14)2)17(22)21(3)11-13-6-8-15(9-7-13)23-18(19)20/h6-10,18H,4-5,11H2,1-3H3. The predicted molar refractivity (Wildman–Crippen MR) is 91.9 cm³/mol. The second-order valence-corrected chi connectivity index (χ2v) is 6.88. The number of alkyl halides is 2. The monoisotopic (exact) mass is 353 g/mol. The minimum Gasteiger partial charge on any atom is -0.435 e. The summed E-state index contributed by atoms with van der Waals surface area (Å²) in [6.45, 7) is 1.73. The van der Waals surface area contributed by atoms with Crippen molar-refractivity contribution >= 4 is 17.2 Å². The first kappa shape index (κ1) is 18.4. The summed E-state index contributed by atoms with van der Waals surface area (Å²) in [7, 11) is 1.74. The Morgan fingerprint density at radius 1 is 1.29 bits per heavy atom. The third-order valence-electron chi connectivity index (χ3n) is 3.67. The lowest BCUT2D eigenvalue weighted by Crippen LogP contribution is -2.25. The van der Waals surface area contributed by atoms with Gasteiger partial charge in [0.05, 0.1) is 4.88 Å². The van der Waals surface area contributed by atoms with E-state index < -0.39 is 6.61 Å². The molecule has 0 bridgehead atoms. The van der Waals surface area contributed by atoms with E-state index in [9.17, 15) is 13.6 Å². The fourth-order valence-electron chi connectivity index (χ4n) is 2.45. The molecule has 0 radical (unpaired) electrons. The Balaban J connectivity index is 2.02. The number of halogens is 2. The van der Waals surface area contributed by atoms with Gasteiger partial charge in [0.1, 0.15) is 5.75 Å². The van der Waals surface area contributed by atoms with Gasteiger partial charge in [-0.2, -0.15) is 8.78 Å². The van der Waals surface area contributed by atoms with Gasteiger partial charge >= 0.3 is 6.61 Å². The van der Waals surface area contributed by atoms with Crippen molar-refractivity contribution in [3.8, 4) is 5.75 Å². The van der Waals surface area contributed by atoms with Gasteiger partial charge in [0.25, 0.3) is 5.91 Å². The molecule has 0 saturated heterocycles. The molecule has 0 atom stereocenters. The van der Waals surface area contributed by atoms with Crippen LogP contribution in [-0.2, 0) is 13.0 Å². The van der Waals surface area contributed by atoms with E-state index in [0.29, 0.717) is 6.54 Å². The Bertz CT molecular complexity index is 683. The van der Waals surface area contributed by atoms with Crippen LogP contribution < -0.4 is 4.74 Å². The number of thiophene rings is 1. The topological polar surface area (TPSA) is 29.5 Å². The summed E-state index contributed by atoms with van der Waals surface area (Å²) in [6, 6.07) is 8.30. The van der Waals surface area contributed by atoms with Crippen LogP contribution in [0.2, 0.25) is 0 Å². The largest absolute Gasteiger partial charge is 0.435 e. The number of rotatable bonds is 7. The number of carbonyl (C=O) groups is 1. The maximum atomic E-state index is 12.5. The highest BCUT2D eigenvalue weighted by atomic mass is 32.1. The lowest BCUT2D eigenvalue weighted by molar-refractivity contribution is -0.0498. The van der Waals surface area contributed by atoms with Crippen LogP contribution in [0.4, 0.5) is 8.78 Å². The maximum absolute atomic E-state index is 12.5. The minimum atomic E-state index is -2.83. The third kappa shape index (κ3) is 4.77. The summed E-state index contributed by atoms with van der Waals surface area (Å²) in [5.74, 6) is 0.0826. The van der Waals surface area contributed by atoms with Crippen LogP contribution >= 0.6 is 11.3 Å². The average molecular weight is 353 g/mol. The summed E-state index contributed by atoms with van der Waals surface area (Å²) >= 11 is 1.52. The zero-order valence-electron chi connectivity index (χ0n) is 14.0. The van der Waals surface area contributed by atoms with Crippen LogP contribution in [0.3, 0.4) is 0 Å². The highest BCUT2D eigenvalue weighted by Gasteiger charge is 2.16. The SMILES string of the molecule is CCCc1cc(C(=O)N(C)Cc2ccc(OC(F)F)cc2)sc1C. The van der Waals surface area contributed by atoms with Gasteiger partial charge < -0.3 is 9.64 Å². The maximum Gasteiger partial charge on any atom is 0.387 e. The number of ether oxygens (including phenoxy) is 1. The van der Waals surface area contributed by atoms with Gasteiger partial charge in [-0.3, -0.25) is 4.79 Å². The van der Waals surface area contributed by atoms with E-state index in [1.165, 1.54) is 33.9 Å². The summed E-state index contributed by atoms with van der Waals surface area (Å²) < 4.78 is 28.6. The van der Waals surface area contributed by atoms with E-state index in [0.717, 1.165) is 23.3 Å². The van der Waals surface area contributed by atoms with E-state index in [1.807, 2.05) is 13.0 Å². The first-order valence-electron chi connectivity index (χ1n) is 7.79. The fraction of sp³-hybridized carbons (Fsp3) is 0.389. The summed E-state index contributed by atoms with van der Waals surface area (Å²) in [4.78, 5) is 16.1.